The second-order valence-electron chi connectivity index (χ2n) is 3.46. The van der Waals surface area contributed by atoms with Crippen molar-refractivity contribution in [2.45, 2.75) is 24.9 Å². The Labute approximate surface area is 89.2 Å². The van der Waals surface area contributed by atoms with Gasteiger partial charge in [0.1, 0.15) is 11.9 Å². The lowest BCUT2D eigenvalue weighted by atomic mass is 9.91. The Morgan fingerprint density at radius 2 is 1.79 bits per heavy atom. The number of rotatable bonds is 2. The Kier molecular flexibility index (Phi) is 2.47. The molecule has 1 fully saturated rings. The summed E-state index contributed by atoms with van der Waals surface area (Å²) in [6, 6.07) is 7.18. The van der Waals surface area contributed by atoms with E-state index in [0.29, 0.717) is 5.75 Å². The zero-order valence-electron chi connectivity index (χ0n) is 7.34. The predicted octanol–water partition coefficient (Wildman–Crippen LogP) is 3.63. The molecular formula is C10H9BrF2O. The number of halogens is 3. The molecule has 2 rings (SSSR count). The van der Waals surface area contributed by atoms with Crippen LogP contribution in [0.4, 0.5) is 8.78 Å². The van der Waals surface area contributed by atoms with Gasteiger partial charge in [-0.25, -0.2) is 8.78 Å². The highest BCUT2D eigenvalue weighted by atomic mass is 79.9. The van der Waals surface area contributed by atoms with Gasteiger partial charge in [0, 0.05) is 17.3 Å². The third-order valence-electron chi connectivity index (χ3n) is 2.17. The normalized spacial score (nSPS) is 20.2. The van der Waals surface area contributed by atoms with E-state index in [1.54, 1.807) is 12.1 Å². The highest BCUT2D eigenvalue weighted by molar-refractivity contribution is 9.10. The molecule has 0 spiro atoms. The van der Waals surface area contributed by atoms with E-state index in [0.717, 1.165) is 4.47 Å². The minimum atomic E-state index is -2.51. The molecule has 0 atom stereocenters. The van der Waals surface area contributed by atoms with E-state index in [2.05, 4.69) is 15.9 Å². The number of ether oxygens (including phenoxy) is 1. The summed E-state index contributed by atoms with van der Waals surface area (Å²) < 4.78 is 31.2. The maximum absolute atomic E-state index is 12.5. The molecule has 76 valence electrons. The fraction of sp³-hybridized carbons (Fsp3) is 0.400. The summed E-state index contributed by atoms with van der Waals surface area (Å²) in [7, 11) is 0. The second kappa shape index (κ2) is 3.50. The molecule has 0 bridgehead atoms. The average Bonchev–Trinajstić information content (AvgIpc) is 2.06. The first-order valence-corrected chi connectivity index (χ1v) is 5.14. The number of hydrogen-bond donors (Lipinski definition) is 0. The fourth-order valence-corrected chi connectivity index (χ4v) is 1.66. The molecule has 0 aromatic heterocycles. The van der Waals surface area contributed by atoms with Crippen LogP contribution in [0.2, 0.25) is 0 Å². The summed E-state index contributed by atoms with van der Waals surface area (Å²) in [5.74, 6) is -1.87. The van der Waals surface area contributed by atoms with Crippen molar-refractivity contribution in [3.05, 3.63) is 28.7 Å². The van der Waals surface area contributed by atoms with E-state index < -0.39 is 5.92 Å². The molecule has 0 saturated heterocycles. The summed E-state index contributed by atoms with van der Waals surface area (Å²) in [4.78, 5) is 0. The van der Waals surface area contributed by atoms with Crippen molar-refractivity contribution in [3.8, 4) is 5.75 Å². The summed E-state index contributed by atoms with van der Waals surface area (Å²) in [5.41, 5.74) is 0. The highest BCUT2D eigenvalue weighted by Crippen LogP contribution is 2.39. The maximum atomic E-state index is 12.5. The van der Waals surface area contributed by atoms with Crippen LogP contribution in [0.5, 0.6) is 5.75 Å². The molecule has 0 heterocycles. The third kappa shape index (κ3) is 2.23. The first kappa shape index (κ1) is 9.90. The monoisotopic (exact) mass is 262 g/mol. The van der Waals surface area contributed by atoms with Gasteiger partial charge < -0.3 is 4.74 Å². The van der Waals surface area contributed by atoms with Crippen LogP contribution in [0.3, 0.4) is 0 Å². The Morgan fingerprint density at radius 1 is 1.21 bits per heavy atom. The van der Waals surface area contributed by atoms with Crippen molar-refractivity contribution in [1.82, 2.24) is 0 Å². The van der Waals surface area contributed by atoms with Gasteiger partial charge in [-0.3, -0.25) is 0 Å². The lowest BCUT2D eigenvalue weighted by molar-refractivity contribution is -0.134. The largest absolute Gasteiger partial charge is 0.490 e. The van der Waals surface area contributed by atoms with Crippen LogP contribution in [0.25, 0.3) is 0 Å². The van der Waals surface area contributed by atoms with Crippen LogP contribution in [-0.4, -0.2) is 12.0 Å². The molecule has 0 amide bonds. The molecule has 0 radical (unpaired) electrons. The molecule has 14 heavy (non-hydrogen) atoms. The van der Waals surface area contributed by atoms with Crippen molar-refractivity contribution in [2.24, 2.45) is 0 Å². The van der Waals surface area contributed by atoms with Crippen LogP contribution in [0.15, 0.2) is 28.7 Å². The van der Waals surface area contributed by atoms with Gasteiger partial charge in [0.2, 0.25) is 0 Å². The van der Waals surface area contributed by atoms with Gasteiger partial charge in [0.25, 0.3) is 5.92 Å². The zero-order valence-corrected chi connectivity index (χ0v) is 8.93. The molecule has 0 unspecified atom stereocenters. The van der Waals surface area contributed by atoms with Gasteiger partial charge >= 0.3 is 0 Å². The van der Waals surface area contributed by atoms with Crippen LogP contribution in [-0.2, 0) is 0 Å². The standard InChI is InChI=1S/C10H9BrF2O/c11-7-1-3-8(4-2-7)14-9-5-10(12,13)6-9/h1-4,9H,5-6H2. The van der Waals surface area contributed by atoms with E-state index in [9.17, 15) is 8.78 Å². The highest BCUT2D eigenvalue weighted by Gasteiger charge is 2.46. The van der Waals surface area contributed by atoms with Gasteiger partial charge in [-0.1, -0.05) is 15.9 Å². The Balaban J connectivity index is 1.90. The van der Waals surface area contributed by atoms with Gasteiger partial charge in [-0.05, 0) is 24.3 Å². The van der Waals surface area contributed by atoms with Crippen molar-refractivity contribution in [2.75, 3.05) is 0 Å². The van der Waals surface area contributed by atoms with E-state index in [1.807, 2.05) is 12.1 Å². The Morgan fingerprint density at radius 3 is 2.29 bits per heavy atom. The molecule has 1 saturated carbocycles. The zero-order chi connectivity index (χ0) is 10.2. The van der Waals surface area contributed by atoms with Crippen LogP contribution < -0.4 is 4.74 Å². The van der Waals surface area contributed by atoms with Gasteiger partial charge in [-0.2, -0.15) is 0 Å². The van der Waals surface area contributed by atoms with Crippen molar-refractivity contribution in [1.29, 1.82) is 0 Å². The summed E-state index contributed by atoms with van der Waals surface area (Å²) >= 11 is 3.29. The molecule has 1 aromatic rings. The molecule has 1 aromatic carbocycles. The summed E-state index contributed by atoms with van der Waals surface area (Å²) in [6.45, 7) is 0. The van der Waals surface area contributed by atoms with E-state index >= 15 is 0 Å². The SMILES string of the molecule is FC1(F)CC(Oc2ccc(Br)cc2)C1. The predicted molar refractivity (Wildman–Crippen MR) is 52.7 cm³/mol. The lowest BCUT2D eigenvalue weighted by Gasteiger charge is -2.34. The average molecular weight is 263 g/mol. The summed E-state index contributed by atoms with van der Waals surface area (Å²) in [6.07, 6.45) is -0.655. The van der Waals surface area contributed by atoms with E-state index in [1.165, 1.54) is 0 Å². The fourth-order valence-electron chi connectivity index (χ4n) is 1.40. The van der Waals surface area contributed by atoms with Crippen molar-refractivity contribution < 1.29 is 13.5 Å². The first-order valence-electron chi connectivity index (χ1n) is 4.35. The topological polar surface area (TPSA) is 9.23 Å². The van der Waals surface area contributed by atoms with Crippen LogP contribution >= 0.6 is 15.9 Å². The summed E-state index contributed by atoms with van der Waals surface area (Å²) in [5, 5.41) is 0. The van der Waals surface area contributed by atoms with Crippen LogP contribution in [0, 0.1) is 0 Å². The molecule has 0 N–H and O–H groups in total. The van der Waals surface area contributed by atoms with Crippen molar-refractivity contribution in [3.63, 3.8) is 0 Å². The lowest BCUT2D eigenvalue weighted by Crippen LogP contribution is -2.43. The number of alkyl halides is 2. The Hall–Kier alpha value is -0.640. The molecule has 1 aliphatic rings. The van der Waals surface area contributed by atoms with Gasteiger partial charge in [0.05, 0.1) is 0 Å². The minimum Gasteiger partial charge on any atom is -0.490 e. The maximum Gasteiger partial charge on any atom is 0.255 e. The molecule has 0 aliphatic heterocycles. The molecule has 4 heteroatoms. The third-order valence-corrected chi connectivity index (χ3v) is 2.70. The first-order chi connectivity index (χ1) is 6.55. The van der Waals surface area contributed by atoms with Gasteiger partial charge in [-0.15, -0.1) is 0 Å². The number of hydrogen-bond acceptors (Lipinski definition) is 1. The van der Waals surface area contributed by atoms with Gasteiger partial charge in [0.15, 0.2) is 0 Å². The smallest absolute Gasteiger partial charge is 0.255 e. The quantitative estimate of drug-likeness (QED) is 0.791. The van der Waals surface area contributed by atoms with Crippen LogP contribution in [0.1, 0.15) is 12.8 Å². The Bertz CT molecular complexity index is 315. The second-order valence-corrected chi connectivity index (χ2v) is 4.37. The molecular weight excluding hydrogens is 254 g/mol. The minimum absolute atomic E-state index is 0.164. The molecule has 1 aliphatic carbocycles. The molecule has 1 nitrogen and oxygen atoms in total. The van der Waals surface area contributed by atoms with E-state index in [4.69, 9.17) is 4.74 Å². The van der Waals surface area contributed by atoms with Crippen molar-refractivity contribution >= 4 is 15.9 Å². The number of benzene rings is 1. The van der Waals surface area contributed by atoms with E-state index in [-0.39, 0.29) is 18.9 Å².